The van der Waals surface area contributed by atoms with E-state index in [1.165, 1.54) is 12.3 Å². The molecule has 0 aliphatic rings. The number of benzene rings is 2. The van der Waals surface area contributed by atoms with Crippen LogP contribution in [-0.4, -0.2) is 47.7 Å². The quantitative estimate of drug-likeness (QED) is 0.298. The fourth-order valence-electron chi connectivity index (χ4n) is 2.83. The molecule has 1 aromatic heterocycles. The van der Waals surface area contributed by atoms with Crippen LogP contribution in [0.1, 0.15) is 15.9 Å². The van der Waals surface area contributed by atoms with Crippen molar-refractivity contribution in [3.8, 4) is 17.4 Å². The van der Waals surface area contributed by atoms with E-state index in [9.17, 15) is 14.7 Å². The number of carbonyl (C=O) groups is 2. The molecule has 0 saturated carbocycles. The van der Waals surface area contributed by atoms with Crippen LogP contribution in [0.2, 0.25) is 0 Å². The van der Waals surface area contributed by atoms with Crippen molar-refractivity contribution in [2.75, 3.05) is 31.0 Å². The highest BCUT2D eigenvalue weighted by Gasteiger charge is 2.12. The normalized spacial score (nSPS) is 10.5. The van der Waals surface area contributed by atoms with Crippen molar-refractivity contribution in [1.29, 1.82) is 0 Å². The molecule has 0 unspecified atom stereocenters. The first-order valence-corrected chi connectivity index (χ1v) is 10.7. The van der Waals surface area contributed by atoms with E-state index in [1.807, 2.05) is 0 Å². The number of aromatic nitrogens is 1. The molecule has 1 amide bonds. The fourth-order valence-corrected chi connectivity index (χ4v) is 2.94. The van der Waals surface area contributed by atoms with Crippen LogP contribution in [0.5, 0.6) is 17.4 Å². The molecule has 0 aliphatic heterocycles. The molecule has 0 aliphatic carbocycles. The molecule has 9 heteroatoms. The highest BCUT2D eigenvalue weighted by atomic mass is 35.5. The third-order valence-corrected chi connectivity index (χ3v) is 4.51. The Labute approximate surface area is 196 Å². The van der Waals surface area contributed by atoms with E-state index in [0.717, 1.165) is 0 Å². The van der Waals surface area contributed by atoms with Crippen molar-refractivity contribution >= 4 is 29.2 Å². The Morgan fingerprint density at radius 2 is 1.70 bits per heavy atom. The summed E-state index contributed by atoms with van der Waals surface area (Å²) in [6.45, 7) is 1.38. The summed E-state index contributed by atoms with van der Waals surface area (Å²) in [7, 11) is 0. The lowest BCUT2D eigenvalue weighted by atomic mass is 10.1. The number of nitrogens with one attached hydrogen (secondary N) is 1. The van der Waals surface area contributed by atoms with E-state index in [0.29, 0.717) is 48.6 Å². The number of para-hydroxylation sites is 1. The first-order valence-electron chi connectivity index (χ1n) is 10.2. The number of halogens is 1. The summed E-state index contributed by atoms with van der Waals surface area (Å²) < 4.78 is 16.5. The van der Waals surface area contributed by atoms with Gasteiger partial charge in [0.25, 0.3) is 0 Å². The van der Waals surface area contributed by atoms with Crippen LogP contribution >= 0.6 is 11.6 Å². The second kappa shape index (κ2) is 12.4. The Bertz CT molecular complexity index is 1060. The van der Waals surface area contributed by atoms with Gasteiger partial charge in [-0.2, -0.15) is 0 Å². The van der Waals surface area contributed by atoms with Crippen molar-refractivity contribution in [3.05, 3.63) is 78.0 Å². The molecule has 3 rings (SSSR count). The Kier molecular flexibility index (Phi) is 9.05. The second-order valence-electron chi connectivity index (χ2n) is 6.80. The SMILES string of the molecule is O=C(Cc1ccc(Oc2ccc(OCCOCCCl)cc2)nc1)Nc1ccccc1C(=O)O. The first kappa shape index (κ1) is 24.0. The van der Waals surface area contributed by atoms with Gasteiger partial charge in [-0.05, 0) is 42.0 Å². The van der Waals surface area contributed by atoms with Crippen molar-refractivity contribution in [3.63, 3.8) is 0 Å². The molecule has 0 bridgehead atoms. The number of ether oxygens (including phenoxy) is 3. The van der Waals surface area contributed by atoms with E-state index >= 15 is 0 Å². The van der Waals surface area contributed by atoms with E-state index in [4.69, 9.17) is 25.8 Å². The van der Waals surface area contributed by atoms with Gasteiger partial charge in [-0.25, -0.2) is 9.78 Å². The summed E-state index contributed by atoms with van der Waals surface area (Å²) in [4.78, 5) is 27.8. The second-order valence-corrected chi connectivity index (χ2v) is 7.18. The van der Waals surface area contributed by atoms with Gasteiger partial charge in [0.05, 0.1) is 30.9 Å². The van der Waals surface area contributed by atoms with Gasteiger partial charge in [0, 0.05) is 18.1 Å². The molecule has 0 spiro atoms. The van der Waals surface area contributed by atoms with Crippen LogP contribution in [0, 0.1) is 0 Å². The predicted octanol–water partition coefficient (Wildman–Crippen LogP) is 4.39. The highest BCUT2D eigenvalue weighted by molar-refractivity contribution is 6.17. The van der Waals surface area contributed by atoms with Gasteiger partial charge >= 0.3 is 5.97 Å². The lowest BCUT2D eigenvalue weighted by Gasteiger charge is -2.09. The summed E-state index contributed by atoms with van der Waals surface area (Å²) in [6.07, 6.45) is 1.58. The van der Waals surface area contributed by atoms with E-state index in [2.05, 4.69) is 10.3 Å². The van der Waals surface area contributed by atoms with Crippen LogP contribution in [0.25, 0.3) is 0 Å². The summed E-state index contributed by atoms with van der Waals surface area (Å²) >= 11 is 5.54. The Hall–Kier alpha value is -3.62. The number of amides is 1. The molecule has 2 N–H and O–H groups in total. The predicted molar refractivity (Wildman–Crippen MR) is 124 cm³/mol. The van der Waals surface area contributed by atoms with Gasteiger partial charge in [-0.1, -0.05) is 18.2 Å². The maximum Gasteiger partial charge on any atom is 0.337 e. The van der Waals surface area contributed by atoms with Gasteiger partial charge in [0.2, 0.25) is 11.8 Å². The molecule has 33 heavy (non-hydrogen) atoms. The first-order chi connectivity index (χ1) is 16.0. The van der Waals surface area contributed by atoms with Gasteiger partial charge in [0.15, 0.2) is 0 Å². The number of hydrogen-bond donors (Lipinski definition) is 2. The summed E-state index contributed by atoms with van der Waals surface area (Å²) in [5.41, 5.74) is 0.940. The minimum Gasteiger partial charge on any atom is -0.491 e. The van der Waals surface area contributed by atoms with Gasteiger partial charge in [-0.3, -0.25) is 4.79 Å². The van der Waals surface area contributed by atoms with Crippen molar-refractivity contribution in [1.82, 2.24) is 4.98 Å². The number of alkyl halides is 1. The molecule has 1 heterocycles. The topological polar surface area (TPSA) is 107 Å². The maximum atomic E-state index is 12.3. The van der Waals surface area contributed by atoms with E-state index in [1.54, 1.807) is 54.6 Å². The number of carboxylic acids is 1. The minimum absolute atomic E-state index is 0.0313. The Morgan fingerprint density at radius 1 is 0.939 bits per heavy atom. The van der Waals surface area contributed by atoms with Gasteiger partial charge < -0.3 is 24.6 Å². The highest BCUT2D eigenvalue weighted by Crippen LogP contribution is 2.23. The van der Waals surface area contributed by atoms with Crippen LogP contribution < -0.4 is 14.8 Å². The zero-order valence-corrected chi connectivity index (χ0v) is 18.5. The molecule has 8 nitrogen and oxygen atoms in total. The Morgan fingerprint density at radius 3 is 2.39 bits per heavy atom. The maximum absolute atomic E-state index is 12.3. The number of aromatic carboxylic acids is 1. The number of hydrogen-bond acceptors (Lipinski definition) is 6. The number of carboxylic acid groups (broad SMARTS) is 1. The summed E-state index contributed by atoms with van der Waals surface area (Å²) in [6, 6.07) is 16.7. The monoisotopic (exact) mass is 470 g/mol. The summed E-state index contributed by atoms with van der Waals surface area (Å²) in [5, 5.41) is 11.8. The molecule has 3 aromatic rings. The number of nitrogens with zero attached hydrogens (tertiary/aromatic N) is 1. The van der Waals surface area contributed by atoms with Crippen LogP contribution in [0.4, 0.5) is 5.69 Å². The largest absolute Gasteiger partial charge is 0.491 e. The molecule has 0 fully saturated rings. The third-order valence-electron chi connectivity index (χ3n) is 4.36. The number of pyridine rings is 1. The molecular weight excluding hydrogens is 448 g/mol. The average molecular weight is 471 g/mol. The summed E-state index contributed by atoms with van der Waals surface area (Å²) in [5.74, 6) is 0.654. The Balaban J connectivity index is 1.49. The molecule has 0 saturated heterocycles. The average Bonchev–Trinajstić information content (AvgIpc) is 2.81. The van der Waals surface area contributed by atoms with Crippen molar-refractivity contribution in [2.24, 2.45) is 0 Å². The van der Waals surface area contributed by atoms with Gasteiger partial charge in [-0.15, -0.1) is 11.6 Å². The van der Waals surface area contributed by atoms with Crippen molar-refractivity contribution in [2.45, 2.75) is 6.42 Å². The molecular formula is C24H23ClN2O6. The smallest absolute Gasteiger partial charge is 0.337 e. The molecule has 0 atom stereocenters. The molecule has 2 aromatic carbocycles. The fraction of sp³-hybridized carbons (Fsp3) is 0.208. The molecule has 172 valence electrons. The van der Waals surface area contributed by atoms with Crippen LogP contribution in [-0.2, 0) is 16.0 Å². The molecule has 0 radical (unpaired) electrons. The van der Waals surface area contributed by atoms with E-state index in [-0.39, 0.29) is 23.6 Å². The minimum atomic E-state index is -1.11. The zero-order valence-electron chi connectivity index (χ0n) is 17.7. The zero-order chi connectivity index (χ0) is 23.5. The lowest BCUT2D eigenvalue weighted by molar-refractivity contribution is -0.115. The standard InChI is InChI=1S/C24H23ClN2O6/c25-11-12-31-13-14-32-18-6-8-19(9-7-18)33-23-10-5-17(16-26-23)15-22(28)27-21-4-2-1-3-20(21)24(29)30/h1-10,16H,11-15H2,(H,27,28)(H,29,30). The van der Waals surface area contributed by atoms with Crippen LogP contribution in [0.3, 0.4) is 0 Å². The lowest BCUT2D eigenvalue weighted by Crippen LogP contribution is -2.16. The van der Waals surface area contributed by atoms with Crippen molar-refractivity contribution < 1.29 is 28.9 Å². The number of carbonyl (C=O) groups excluding carboxylic acids is 1. The number of anilines is 1. The van der Waals surface area contributed by atoms with E-state index < -0.39 is 5.97 Å². The van der Waals surface area contributed by atoms with Crippen LogP contribution in [0.15, 0.2) is 66.9 Å². The van der Waals surface area contributed by atoms with Gasteiger partial charge in [0.1, 0.15) is 18.1 Å². The third kappa shape index (κ3) is 7.78. The number of rotatable bonds is 12.